The molecule has 2 aromatic carbocycles. The van der Waals surface area contributed by atoms with Crippen molar-refractivity contribution in [3.05, 3.63) is 70.2 Å². The molecule has 0 fully saturated rings. The monoisotopic (exact) mass is 537 g/mol. The zero-order chi connectivity index (χ0) is 28.2. The van der Waals surface area contributed by atoms with Crippen LogP contribution in [-0.4, -0.2) is 34.7 Å². The molecule has 1 atom stereocenters. The van der Waals surface area contributed by atoms with Gasteiger partial charge in [-0.25, -0.2) is 0 Å². The Kier molecular flexibility index (Phi) is 8.78. The van der Waals surface area contributed by atoms with Gasteiger partial charge in [-0.15, -0.1) is 0 Å². The standard InChI is InChI=1S/C28H35N5O4S/c1-7-28(4,5)31-26(35)23(18-10-14-20(37-6)15-11-18)33(19-12-8-17(9-13-19)16(2)3)27(36)24-21(29)22(25(30)34)32-38-24/h8-16,23H,7,29H2,1-6H3,(H2,30,34)(H,31,35)/t23-/m1/s1. The van der Waals surface area contributed by atoms with E-state index in [1.165, 1.54) is 4.90 Å². The number of rotatable bonds is 10. The maximum Gasteiger partial charge on any atom is 0.273 e. The lowest BCUT2D eigenvalue weighted by molar-refractivity contribution is -0.124. The summed E-state index contributed by atoms with van der Waals surface area (Å²) in [6.07, 6.45) is 0.675. The van der Waals surface area contributed by atoms with E-state index in [4.69, 9.17) is 16.2 Å². The average Bonchev–Trinajstić information content (AvgIpc) is 3.28. The summed E-state index contributed by atoms with van der Waals surface area (Å²) >= 11 is 0.773. The van der Waals surface area contributed by atoms with E-state index < -0.39 is 23.4 Å². The molecule has 0 aliphatic rings. The highest BCUT2D eigenvalue weighted by Gasteiger charge is 2.37. The van der Waals surface area contributed by atoms with Gasteiger partial charge in [0.2, 0.25) is 5.91 Å². The summed E-state index contributed by atoms with van der Waals surface area (Å²) < 4.78 is 9.30. The molecule has 0 saturated carbocycles. The lowest BCUT2D eigenvalue weighted by Crippen LogP contribution is -2.50. The largest absolute Gasteiger partial charge is 0.497 e. The molecule has 0 unspecified atom stereocenters. The first kappa shape index (κ1) is 28.6. The molecule has 0 aliphatic carbocycles. The van der Waals surface area contributed by atoms with Crippen molar-refractivity contribution < 1.29 is 19.1 Å². The molecular formula is C28H35N5O4S. The Bertz CT molecular complexity index is 1300. The Hall–Kier alpha value is -3.92. The van der Waals surface area contributed by atoms with E-state index in [1.54, 1.807) is 43.5 Å². The topological polar surface area (TPSA) is 141 Å². The van der Waals surface area contributed by atoms with Gasteiger partial charge in [-0.1, -0.05) is 45.0 Å². The molecule has 3 rings (SSSR count). The van der Waals surface area contributed by atoms with E-state index in [0.29, 0.717) is 23.4 Å². The van der Waals surface area contributed by atoms with Crippen molar-refractivity contribution in [2.75, 3.05) is 17.7 Å². The molecule has 9 nitrogen and oxygen atoms in total. The van der Waals surface area contributed by atoms with Gasteiger partial charge in [0.25, 0.3) is 11.8 Å². The number of benzene rings is 2. The zero-order valence-corrected chi connectivity index (χ0v) is 23.4. The quantitative estimate of drug-likeness (QED) is 0.344. The first-order chi connectivity index (χ1) is 17.9. The van der Waals surface area contributed by atoms with E-state index >= 15 is 0 Å². The number of amides is 3. The second-order valence-electron chi connectivity index (χ2n) is 9.96. The van der Waals surface area contributed by atoms with Crippen molar-refractivity contribution in [1.29, 1.82) is 0 Å². The SMILES string of the molecule is CCC(C)(C)NC(=O)[C@@H](c1ccc(OC)cc1)N(C(=O)c1snc(C(N)=O)c1N)c1ccc(C(C)C)cc1. The van der Waals surface area contributed by atoms with Crippen molar-refractivity contribution >= 4 is 40.6 Å². The summed E-state index contributed by atoms with van der Waals surface area (Å²) in [5.41, 5.74) is 12.9. The Morgan fingerprint density at radius 3 is 2.11 bits per heavy atom. The van der Waals surface area contributed by atoms with Crippen LogP contribution in [0, 0.1) is 0 Å². The molecule has 0 radical (unpaired) electrons. The average molecular weight is 538 g/mol. The van der Waals surface area contributed by atoms with Crippen LogP contribution in [-0.2, 0) is 4.79 Å². The Labute approximate surface area is 227 Å². The maximum absolute atomic E-state index is 14.2. The van der Waals surface area contributed by atoms with Crippen molar-refractivity contribution in [1.82, 2.24) is 9.69 Å². The van der Waals surface area contributed by atoms with Gasteiger partial charge < -0.3 is 21.5 Å². The van der Waals surface area contributed by atoms with Crippen LogP contribution in [0.4, 0.5) is 11.4 Å². The van der Waals surface area contributed by atoms with Crippen LogP contribution in [0.5, 0.6) is 5.75 Å². The fourth-order valence-corrected chi connectivity index (χ4v) is 4.58. The third kappa shape index (κ3) is 6.13. The van der Waals surface area contributed by atoms with Crippen LogP contribution in [0.3, 0.4) is 0 Å². The molecule has 3 amide bonds. The molecule has 0 spiro atoms. The summed E-state index contributed by atoms with van der Waals surface area (Å²) in [5, 5.41) is 3.08. The zero-order valence-electron chi connectivity index (χ0n) is 22.6. The number of carbonyl (C=O) groups excluding carboxylic acids is 3. The van der Waals surface area contributed by atoms with Crippen LogP contribution >= 0.6 is 11.5 Å². The number of nitrogens with zero attached hydrogens (tertiary/aromatic N) is 2. The maximum atomic E-state index is 14.2. The van der Waals surface area contributed by atoms with Crippen LogP contribution < -0.4 is 26.4 Å². The Balaban J connectivity index is 2.24. The fraction of sp³-hybridized carbons (Fsp3) is 0.357. The Morgan fingerprint density at radius 1 is 1.05 bits per heavy atom. The first-order valence-corrected chi connectivity index (χ1v) is 13.1. The number of hydrogen-bond donors (Lipinski definition) is 3. The number of hydrogen-bond acceptors (Lipinski definition) is 7. The predicted molar refractivity (Wildman–Crippen MR) is 151 cm³/mol. The minimum absolute atomic E-state index is 0.0211. The second-order valence-corrected chi connectivity index (χ2v) is 10.7. The number of carbonyl (C=O) groups is 3. The summed E-state index contributed by atoms with van der Waals surface area (Å²) in [6.45, 7) is 9.95. The summed E-state index contributed by atoms with van der Waals surface area (Å²) in [5.74, 6) is -0.898. The minimum Gasteiger partial charge on any atom is -0.497 e. The normalized spacial score (nSPS) is 12.2. The van der Waals surface area contributed by atoms with Gasteiger partial charge >= 0.3 is 0 Å². The van der Waals surface area contributed by atoms with Crippen molar-refractivity contribution in [2.24, 2.45) is 5.73 Å². The molecule has 5 N–H and O–H groups in total. The second kappa shape index (κ2) is 11.6. The van der Waals surface area contributed by atoms with Crippen molar-refractivity contribution in [3.63, 3.8) is 0 Å². The number of aromatic nitrogens is 1. The van der Waals surface area contributed by atoms with Gasteiger partial charge in [-0.05, 0) is 73.1 Å². The lowest BCUT2D eigenvalue weighted by Gasteiger charge is -2.34. The van der Waals surface area contributed by atoms with Crippen LogP contribution in [0.25, 0.3) is 0 Å². The molecule has 0 saturated heterocycles. The van der Waals surface area contributed by atoms with Gasteiger partial charge in [0, 0.05) is 11.2 Å². The van der Waals surface area contributed by atoms with Crippen molar-refractivity contribution in [2.45, 2.75) is 58.5 Å². The third-order valence-electron chi connectivity index (χ3n) is 6.50. The minimum atomic E-state index is -1.07. The highest BCUT2D eigenvalue weighted by molar-refractivity contribution is 7.09. The molecule has 0 bridgehead atoms. The van der Waals surface area contributed by atoms with E-state index in [0.717, 1.165) is 17.1 Å². The number of methoxy groups -OCH3 is 1. The van der Waals surface area contributed by atoms with Crippen molar-refractivity contribution in [3.8, 4) is 5.75 Å². The van der Waals surface area contributed by atoms with Gasteiger partial charge in [-0.2, -0.15) is 4.37 Å². The van der Waals surface area contributed by atoms with E-state index in [-0.39, 0.29) is 28.1 Å². The molecule has 38 heavy (non-hydrogen) atoms. The number of nitrogens with two attached hydrogens (primary N) is 2. The van der Waals surface area contributed by atoms with E-state index in [1.807, 2.05) is 32.9 Å². The molecule has 0 aliphatic heterocycles. The number of ether oxygens (including phenoxy) is 1. The number of primary amides is 1. The predicted octanol–water partition coefficient (Wildman–Crippen LogP) is 4.65. The molecule has 1 heterocycles. The van der Waals surface area contributed by atoms with Crippen LogP contribution in [0.2, 0.25) is 0 Å². The Morgan fingerprint density at radius 2 is 1.63 bits per heavy atom. The van der Waals surface area contributed by atoms with E-state index in [2.05, 4.69) is 23.5 Å². The summed E-state index contributed by atoms with van der Waals surface area (Å²) in [7, 11) is 1.55. The fourth-order valence-electron chi connectivity index (χ4n) is 3.84. The molecular weight excluding hydrogens is 502 g/mol. The van der Waals surface area contributed by atoms with Gasteiger partial charge in [0.05, 0.1) is 12.8 Å². The number of nitrogen functional groups attached to an aromatic ring is 1. The highest BCUT2D eigenvalue weighted by Crippen LogP contribution is 2.35. The molecule has 202 valence electrons. The summed E-state index contributed by atoms with van der Waals surface area (Å²) in [4.78, 5) is 41.3. The summed E-state index contributed by atoms with van der Waals surface area (Å²) in [6, 6.07) is 13.3. The molecule has 1 aromatic heterocycles. The van der Waals surface area contributed by atoms with Crippen LogP contribution in [0.1, 0.15) is 84.3 Å². The highest BCUT2D eigenvalue weighted by atomic mass is 32.1. The third-order valence-corrected chi connectivity index (χ3v) is 7.35. The smallest absolute Gasteiger partial charge is 0.273 e. The van der Waals surface area contributed by atoms with Gasteiger partial charge in [-0.3, -0.25) is 19.3 Å². The first-order valence-electron chi connectivity index (χ1n) is 12.3. The molecule has 10 heteroatoms. The number of nitrogens with one attached hydrogen (secondary N) is 1. The van der Waals surface area contributed by atoms with Gasteiger partial charge in [0.1, 0.15) is 16.7 Å². The number of anilines is 2. The van der Waals surface area contributed by atoms with Crippen LogP contribution in [0.15, 0.2) is 48.5 Å². The lowest BCUT2D eigenvalue weighted by atomic mass is 9.97. The molecule has 3 aromatic rings. The van der Waals surface area contributed by atoms with E-state index in [9.17, 15) is 14.4 Å². The van der Waals surface area contributed by atoms with Gasteiger partial charge in [0.15, 0.2) is 5.69 Å².